The first kappa shape index (κ1) is 22.8. The van der Waals surface area contributed by atoms with E-state index in [-0.39, 0.29) is 24.1 Å². The van der Waals surface area contributed by atoms with Crippen LogP contribution in [-0.4, -0.2) is 37.3 Å². The van der Waals surface area contributed by atoms with E-state index in [0.717, 1.165) is 5.56 Å². The highest BCUT2D eigenvalue weighted by Gasteiger charge is 2.34. The Labute approximate surface area is 184 Å². The van der Waals surface area contributed by atoms with E-state index in [0.29, 0.717) is 36.4 Å². The highest BCUT2D eigenvalue weighted by molar-refractivity contribution is 7.88. The van der Waals surface area contributed by atoms with E-state index in [1.807, 2.05) is 44.2 Å². The molecule has 0 radical (unpaired) electrons. The second-order valence-corrected chi connectivity index (χ2v) is 11.0. The lowest BCUT2D eigenvalue weighted by Gasteiger charge is -2.34. The van der Waals surface area contributed by atoms with Crippen molar-refractivity contribution in [3.63, 3.8) is 0 Å². The minimum atomic E-state index is -3.50. The zero-order valence-electron chi connectivity index (χ0n) is 17.5. The summed E-state index contributed by atoms with van der Waals surface area (Å²) in [6.45, 7) is 4.67. The van der Waals surface area contributed by atoms with Crippen LogP contribution in [-0.2, 0) is 27.0 Å². The molecule has 2 aromatic carbocycles. The number of amides is 1. The van der Waals surface area contributed by atoms with Crippen LogP contribution in [0.4, 0.5) is 0 Å². The Bertz CT molecular complexity index is 960. The Kier molecular flexibility index (Phi) is 7.22. The van der Waals surface area contributed by atoms with Gasteiger partial charge >= 0.3 is 0 Å². The summed E-state index contributed by atoms with van der Waals surface area (Å²) in [7, 11) is -3.50. The summed E-state index contributed by atoms with van der Waals surface area (Å²) in [6.07, 6.45) is 2.09. The zero-order valence-corrected chi connectivity index (χ0v) is 19.0. The predicted octanol–water partition coefficient (Wildman–Crippen LogP) is 4.02. The van der Waals surface area contributed by atoms with E-state index >= 15 is 0 Å². The molecule has 7 heteroatoms. The van der Waals surface area contributed by atoms with Crippen molar-refractivity contribution in [2.75, 3.05) is 13.1 Å². The van der Waals surface area contributed by atoms with Crippen LogP contribution in [0.25, 0.3) is 0 Å². The van der Waals surface area contributed by atoms with Crippen molar-refractivity contribution in [3.8, 4) is 0 Å². The van der Waals surface area contributed by atoms with E-state index < -0.39 is 15.6 Å². The maximum atomic E-state index is 12.9. The number of sulfonamides is 1. The van der Waals surface area contributed by atoms with Crippen molar-refractivity contribution in [2.24, 2.45) is 5.92 Å². The zero-order chi connectivity index (χ0) is 21.8. The molecule has 1 saturated heterocycles. The summed E-state index contributed by atoms with van der Waals surface area (Å²) < 4.78 is 27.2. The molecule has 1 N–H and O–H groups in total. The fourth-order valence-electron chi connectivity index (χ4n) is 3.88. The maximum absolute atomic E-state index is 12.9. The summed E-state index contributed by atoms with van der Waals surface area (Å²) >= 11 is 5.89. The monoisotopic (exact) mass is 448 g/mol. The molecule has 0 aliphatic carbocycles. The molecule has 5 nitrogen and oxygen atoms in total. The van der Waals surface area contributed by atoms with Crippen molar-refractivity contribution in [2.45, 2.75) is 44.4 Å². The molecule has 3 rings (SSSR count). The van der Waals surface area contributed by atoms with Gasteiger partial charge in [-0.05, 0) is 56.4 Å². The van der Waals surface area contributed by atoms with E-state index in [9.17, 15) is 13.2 Å². The summed E-state index contributed by atoms with van der Waals surface area (Å²) in [5.41, 5.74) is 1.43. The van der Waals surface area contributed by atoms with Crippen LogP contribution in [0.3, 0.4) is 0 Å². The molecule has 0 aromatic heterocycles. The fourth-order valence-corrected chi connectivity index (χ4v) is 5.61. The topological polar surface area (TPSA) is 66.5 Å². The smallest absolute Gasteiger partial charge is 0.224 e. The molecule has 1 amide bonds. The number of nitrogens with one attached hydrogen (secondary N) is 1. The molecule has 1 heterocycles. The van der Waals surface area contributed by atoms with Crippen molar-refractivity contribution >= 4 is 27.5 Å². The molecule has 30 heavy (non-hydrogen) atoms. The summed E-state index contributed by atoms with van der Waals surface area (Å²) in [5, 5.41) is 3.70. The van der Waals surface area contributed by atoms with Crippen LogP contribution in [0.1, 0.15) is 37.8 Å². The third-order valence-electron chi connectivity index (χ3n) is 5.36. The third kappa shape index (κ3) is 6.30. The van der Waals surface area contributed by atoms with Gasteiger partial charge in [0.1, 0.15) is 0 Å². The molecule has 2 aromatic rings. The molecular formula is C23H29ClN2O3S. The maximum Gasteiger partial charge on any atom is 0.224 e. The number of hydrogen-bond donors (Lipinski definition) is 1. The number of rotatable bonds is 7. The van der Waals surface area contributed by atoms with Crippen molar-refractivity contribution in [1.82, 2.24) is 9.62 Å². The lowest BCUT2D eigenvalue weighted by Crippen LogP contribution is -2.51. The SMILES string of the molecule is CC(C)(Cc1ccccc1)NC(=O)[C@H]1CCCN(S(=O)(=O)Cc2ccc(Cl)cc2)C1. The average Bonchev–Trinajstić information content (AvgIpc) is 2.70. The number of carbonyl (C=O) groups excluding carboxylic acids is 1. The minimum Gasteiger partial charge on any atom is -0.351 e. The van der Waals surface area contributed by atoms with Gasteiger partial charge in [-0.3, -0.25) is 4.79 Å². The van der Waals surface area contributed by atoms with Gasteiger partial charge in [-0.2, -0.15) is 0 Å². The van der Waals surface area contributed by atoms with Gasteiger partial charge in [-0.15, -0.1) is 0 Å². The number of nitrogens with zero attached hydrogens (tertiary/aromatic N) is 1. The van der Waals surface area contributed by atoms with E-state index in [1.165, 1.54) is 4.31 Å². The van der Waals surface area contributed by atoms with Crippen LogP contribution in [0.2, 0.25) is 5.02 Å². The van der Waals surface area contributed by atoms with Gasteiger partial charge in [0, 0.05) is 23.7 Å². The first-order valence-corrected chi connectivity index (χ1v) is 12.2. The molecule has 0 spiro atoms. The lowest BCUT2D eigenvalue weighted by molar-refractivity contribution is -0.127. The Morgan fingerprint density at radius 3 is 2.43 bits per heavy atom. The van der Waals surface area contributed by atoms with Crippen LogP contribution in [0, 0.1) is 5.92 Å². The largest absolute Gasteiger partial charge is 0.351 e. The highest BCUT2D eigenvalue weighted by atomic mass is 35.5. The van der Waals surface area contributed by atoms with Gasteiger partial charge in [0.2, 0.25) is 15.9 Å². The van der Waals surface area contributed by atoms with Crippen LogP contribution in [0.5, 0.6) is 0 Å². The van der Waals surface area contributed by atoms with Gasteiger partial charge in [0.15, 0.2) is 0 Å². The quantitative estimate of drug-likeness (QED) is 0.695. The minimum absolute atomic E-state index is 0.0812. The Morgan fingerprint density at radius 2 is 1.77 bits per heavy atom. The van der Waals surface area contributed by atoms with Crippen LogP contribution in [0.15, 0.2) is 54.6 Å². The molecule has 0 bridgehead atoms. The van der Waals surface area contributed by atoms with Gasteiger partial charge in [0.25, 0.3) is 0 Å². The first-order chi connectivity index (χ1) is 14.1. The first-order valence-electron chi connectivity index (χ1n) is 10.2. The fraction of sp³-hybridized carbons (Fsp3) is 0.435. The van der Waals surface area contributed by atoms with Crippen molar-refractivity contribution in [3.05, 3.63) is 70.7 Å². The number of carbonyl (C=O) groups is 1. The van der Waals surface area contributed by atoms with E-state index in [1.54, 1.807) is 24.3 Å². The molecule has 1 aliphatic heterocycles. The van der Waals surface area contributed by atoms with Crippen LogP contribution < -0.4 is 5.32 Å². The lowest BCUT2D eigenvalue weighted by atomic mass is 9.92. The molecule has 1 aliphatic rings. The molecule has 1 fully saturated rings. The summed E-state index contributed by atoms with van der Waals surface area (Å²) in [6, 6.07) is 16.8. The normalized spacial score (nSPS) is 18.2. The molecule has 162 valence electrons. The molecule has 1 atom stereocenters. The number of halogens is 1. The highest BCUT2D eigenvalue weighted by Crippen LogP contribution is 2.23. The number of piperidine rings is 1. The van der Waals surface area contributed by atoms with Gasteiger partial charge in [0.05, 0.1) is 11.7 Å². The molecule has 0 saturated carbocycles. The van der Waals surface area contributed by atoms with Crippen LogP contribution >= 0.6 is 11.6 Å². The molecular weight excluding hydrogens is 420 g/mol. The second-order valence-electron chi connectivity index (χ2n) is 8.62. The van der Waals surface area contributed by atoms with E-state index in [2.05, 4.69) is 5.32 Å². The number of hydrogen-bond acceptors (Lipinski definition) is 3. The Hall–Kier alpha value is -1.89. The van der Waals surface area contributed by atoms with Gasteiger partial charge in [-0.25, -0.2) is 12.7 Å². The summed E-state index contributed by atoms with van der Waals surface area (Å²) in [4.78, 5) is 12.9. The number of benzene rings is 2. The summed E-state index contributed by atoms with van der Waals surface area (Å²) in [5.74, 6) is -0.506. The average molecular weight is 449 g/mol. The predicted molar refractivity (Wildman–Crippen MR) is 121 cm³/mol. The second kappa shape index (κ2) is 9.50. The standard InChI is InChI=1S/C23H29ClN2O3S/c1-23(2,15-18-7-4-3-5-8-18)25-22(27)20-9-6-14-26(16-20)30(28,29)17-19-10-12-21(24)13-11-19/h3-5,7-8,10-13,20H,6,9,14-17H2,1-2H3,(H,25,27)/t20-/m0/s1. The van der Waals surface area contributed by atoms with Crippen molar-refractivity contribution < 1.29 is 13.2 Å². The Morgan fingerprint density at radius 1 is 1.10 bits per heavy atom. The Balaban J connectivity index is 1.61. The molecule has 0 unspecified atom stereocenters. The van der Waals surface area contributed by atoms with E-state index in [4.69, 9.17) is 11.6 Å². The van der Waals surface area contributed by atoms with Gasteiger partial charge < -0.3 is 5.32 Å². The van der Waals surface area contributed by atoms with Crippen molar-refractivity contribution in [1.29, 1.82) is 0 Å². The van der Waals surface area contributed by atoms with Gasteiger partial charge in [-0.1, -0.05) is 54.1 Å². The third-order valence-corrected chi connectivity index (χ3v) is 7.43.